The summed E-state index contributed by atoms with van der Waals surface area (Å²) in [5.41, 5.74) is 3.45. The van der Waals surface area contributed by atoms with Crippen LogP contribution in [0.3, 0.4) is 0 Å². The van der Waals surface area contributed by atoms with E-state index in [-0.39, 0.29) is 17.7 Å². The molecule has 1 N–H and O–H groups in total. The number of nitrogens with one attached hydrogen (secondary N) is 1. The van der Waals surface area contributed by atoms with Gasteiger partial charge in [-0.05, 0) is 62.1 Å². The zero-order chi connectivity index (χ0) is 19.6. The van der Waals surface area contributed by atoms with E-state index < -0.39 is 0 Å². The van der Waals surface area contributed by atoms with Gasteiger partial charge in [0.25, 0.3) is 5.91 Å². The van der Waals surface area contributed by atoms with E-state index >= 15 is 0 Å². The maximum atomic E-state index is 12.7. The van der Waals surface area contributed by atoms with E-state index in [0.717, 1.165) is 16.8 Å². The summed E-state index contributed by atoms with van der Waals surface area (Å²) in [6.07, 6.45) is 1.27. The molecule has 1 heterocycles. The molecule has 0 spiro atoms. The fraction of sp³-hybridized carbons (Fsp3) is 0.333. The number of aryl methyl sites for hydroxylation is 2. The zero-order valence-corrected chi connectivity index (χ0v) is 16.9. The van der Waals surface area contributed by atoms with Crippen molar-refractivity contribution in [3.05, 3.63) is 63.1 Å². The summed E-state index contributed by atoms with van der Waals surface area (Å²) < 4.78 is 0. The summed E-state index contributed by atoms with van der Waals surface area (Å²) in [4.78, 5) is 27.0. The van der Waals surface area contributed by atoms with Crippen LogP contribution in [0.25, 0.3) is 0 Å². The SMILES string of the molecule is Cc1ccc(C)c(NC(=O)C2CCN(C(=O)c3ccc(Cl)cc3Cl)CC2)c1. The molecule has 0 aliphatic carbocycles. The van der Waals surface area contributed by atoms with Gasteiger partial charge >= 0.3 is 0 Å². The molecule has 0 aromatic heterocycles. The maximum Gasteiger partial charge on any atom is 0.255 e. The summed E-state index contributed by atoms with van der Waals surface area (Å²) >= 11 is 12.0. The van der Waals surface area contributed by atoms with E-state index in [1.54, 1.807) is 23.1 Å². The van der Waals surface area contributed by atoms with Gasteiger partial charge < -0.3 is 10.2 Å². The van der Waals surface area contributed by atoms with Gasteiger partial charge in [0.2, 0.25) is 5.91 Å². The number of likely N-dealkylation sites (tertiary alicyclic amines) is 1. The number of hydrogen-bond acceptors (Lipinski definition) is 2. The van der Waals surface area contributed by atoms with Crippen LogP contribution in [0.5, 0.6) is 0 Å². The summed E-state index contributed by atoms with van der Waals surface area (Å²) in [6, 6.07) is 10.9. The van der Waals surface area contributed by atoms with Crippen molar-refractivity contribution in [2.75, 3.05) is 18.4 Å². The second kappa shape index (κ2) is 8.32. The lowest BCUT2D eigenvalue weighted by atomic mass is 9.95. The molecule has 2 aromatic rings. The molecule has 2 amide bonds. The Morgan fingerprint density at radius 3 is 2.41 bits per heavy atom. The molecule has 142 valence electrons. The number of carbonyl (C=O) groups excluding carboxylic acids is 2. The largest absolute Gasteiger partial charge is 0.339 e. The van der Waals surface area contributed by atoms with Gasteiger partial charge in [-0.1, -0.05) is 35.3 Å². The van der Waals surface area contributed by atoms with Gasteiger partial charge in [-0.25, -0.2) is 0 Å². The average Bonchev–Trinajstić information content (AvgIpc) is 2.64. The minimum absolute atomic E-state index is 0.0142. The Hall–Kier alpha value is -2.04. The number of benzene rings is 2. The second-order valence-electron chi connectivity index (χ2n) is 7.00. The van der Waals surface area contributed by atoms with Crippen LogP contribution in [0.4, 0.5) is 5.69 Å². The number of nitrogens with zero attached hydrogens (tertiary/aromatic N) is 1. The van der Waals surface area contributed by atoms with Crippen molar-refractivity contribution in [2.24, 2.45) is 5.92 Å². The maximum absolute atomic E-state index is 12.7. The molecular weight excluding hydrogens is 383 g/mol. The van der Waals surface area contributed by atoms with E-state index in [9.17, 15) is 9.59 Å². The molecule has 1 fully saturated rings. The minimum Gasteiger partial charge on any atom is -0.339 e. The molecule has 6 heteroatoms. The number of piperidine rings is 1. The fourth-order valence-corrected chi connectivity index (χ4v) is 3.77. The molecule has 0 bridgehead atoms. The lowest BCUT2D eigenvalue weighted by molar-refractivity contribution is -0.121. The van der Waals surface area contributed by atoms with Gasteiger partial charge in [-0.2, -0.15) is 0 Å². The number of hydrogen-bond donors (Lipinski definition) is 1. The molecule has 0 saturated carbocycles. The Morgan fingerprint density at radius 2 is 1.74 bits per heavy atom. The summed E-state index contributed by atoms with van der Waals surface area (Å²) in [6.45, 7) is 5.04. The lowest BCUT2D eigenvalue weighted by Gasteiger charge is -2.31. The van der Waals surface area contributed by atoms with Crippen LogP contribution in [0, 0.1) is 19.8 Å². The van der Waals surface area contributed by atoms with Crippen molar-refractivity contribution < 1.29 is 9.59 Å². The summed E-state index contributed by atoms with van der Waals surface area (Å²) in [5.74, 6) is -0.208. The monoisotopic (exact) mass is 404 g/mol. The van der Waals surface area contributed by atoms with Crippen molar-refractivity contribution in [3.63, 3.8) is 0 Å². The summed E-state index contributed by atoms with van der Waals surface area (Å²) in [7, 11) is 0. The number of halogens is 2. The molecule has 1 aliphatic heterocycles. The van der Waals surface area contributed by atoms with Gasteiger partial charge in [-0.3, -0.25) is 9.59 Å². The Bertz CT molecular complexity index is 874. The van der Waals surface area contributed by atoms with E-state index in [1.165, 1.54) is 0 Å². The molecule has 2 aromatic carbocycles. The third-order valence-electron chi connectivity index (χ3n) is 4.97. The molecule has 0 atom stereocenters. The Labute approximate surface area is 169 Å². The first kappa shape index (κ1) is 19.7. The second-order valence-corrected chi connectivity index (χ2v) is 7.84. The Balaban J connectivity index is 1.60. The minimum atomic E-state index is -0.120. The standard InChI is InChI=1S/C21H22Cl2N2O2/c1-13-3-4-14(2)19(11-13)24-20(26)15-7-9-25(10-8-15)21(27)17-6-5-16(22)12-18(17)23/h3-6,11-12,15H,7-10H2,1-2H3,(H,24,26). The zero-order valence-electron chi connectivity index (χ0n) is 15.4. The molecule has 3 rings (SSSR count). The first-order chi connectivity index (χ1) is 12.8. The highest BCUT2D eigenvalue weighted by atomic mass is 35.5. The molecule has 0 unspecified atom stereocenters. The predicted octanol–water partition coefficient (Wildman–Crippen LogP) is 5.10. The van der Waals surface area contributed by atoms with Crippen LogP contribution >= 0.6 is 23.2 Å². The van der Waals surface area contributed by atoms with Crippen molar-refractivity contribution in [1.82, 2.24) is 4.90 Å². The lowest BCUT2D eigenvalue weighted by Crippen LogP contribution is -2.41. The molecule has 1 saturated heterocycles. The highest BCUT2D eigenvalue weighted by molar-refractivity contribution is 6.36. The molecule has 0 radical (unpaired) electrons. The first-order valence-corrected chi connectivity index (χ1v) is 9.73. The van der Waals surface area contributed by atoms with Gasteiger partial charge in [-0.15, -0.1) is 0 Å². The number of carbonyl (C=O) groups is 2. The van der Waals surface area contributed by atoms with Gasteiger partial charge in [0.05, 0.1) is 10.6 Å². The van der Waals surface area contributed by atoms with Crippen molar-refractivity contribution >= 4 is 40.7 Å². The van der Waals surface area contributed by atoms with Crippen LogP contribution < -0.4 is 5.32 Å². The smallest absolute Gasteiger partial charge is 0.255 e. The first-order valence-electron chi connectivity index (χ1n) is 8.97. The van der Waals surface area contributed by atoms with Crippen LogP contribution in [0.15, 0.2) is 36.4 Å². The van der Waals surface area contributed by atoms with E-state index in [0.29, 0.717) is 41.5 Å². The fourth-order valence-electron chi connectivity index (χ4n) is 3.28. The van der Waals surface area contributed by atoms with Gasteiger partial charge in [0, 0.05) is 29.7 Å². The van der Waals surface area contributed by atoms with E-state index in [4.69, 9.17) is 23.2 Å². The topological polar surface area (TPSA) is 49.4 Å². The third kappa shape index (κ3) is 4.63. The highest BCUT2D eigenvalue weighted by Crippen LogP contribution is 2.26. The third-order valence-corrected chi connectivity index (χ3v) is 5.51. The molecule has 1 aliphatic rings. The van der Waals surface area contributed by atoms with Crippen molar-refractivity contribution in [2.45, 2.75) is 26.7 Å². The average molecular weight is 405 g/mol. The Kier molecular flexibility index (Phi) is 6.08. The van der Waals surface area contributed by atoms with Crippen LogP contribution in [-0.2, 0) is 4.79 Å². The number of rotatable bonds is 3. The normalized spacial score (nSPS) is 14.9. The quantitative estimate of drug-likeness (QED) is 0.772. The van der Waals surface area contributed by atoms with Crippen LogP contribution in [0.2, 0.25) is 10.0 Å². The molecule has 4 nitrogen and oxygen atoms in total. The number of anilines is 1. The van der Waals surface area contributed by atoms with Gasteiger partial charge in [0.1, 0.15) is 0 Å². The number of amides is 2. The van der Waals surface area contributed by atoms with Crippen LogP contribution in [-0.4, -0.2) is 29.8 Å². The molecular formula is C21H22Cl2N2O2. The predicted molar refractivity (Wildman–Crippen MR) is 110 cm³/mol. The van der Waals surface area contributed by atoms with Gasteiger partial charge in [0.15, 0.2) is 0 Å². The summed E-state index contributed by atoms with van der Waals surface area (Å²) in [5, 5.41) is 3.88. The van der Waals surface area contributed by atoms with E-state index in [1.807, 2.05) is 32.0 Å². The van der Waals surface area contributed by atoms with Crippen molar-refractivity contribution in [3.8, 4) is 0 Å². The van der Waals surface area contributed by atoms with Crippen molar-refractivity contribution in [1.29, 1.82) is 0 Å². The molecule has 27 heavy (non-hydrogen) atoms. The highest BCUT2D eigenvalue weighted by Gasteiger charge is 2.28. The Morgan fingerprint density at radius 1 is 1.04 bits per heavy atom. The van der Waals surface area contributed by atoms with Crippen LogP contribution in [0.1, 0.15) is 34.3 Å². The van der Waals surface area contributed by atoms with E-state index in [2.05, 4.69) is 5.32 Å².